The van der Waals surface area contributed by atoms with Gasteiger partial charge in [0, 0.05) is 25.3 Å². The van der Waals surface area contributed by atoms with Crippen molar-refractivity contribution in [2.45, 2.75) is 26.0 Å². The lowest BCUT2D eigenvalue weighted by Crippen LogP contribution is -2.30. The molecule has 0 radical (unpaired) electrons. The monoisotopic (exact) mass is 233 g/mol. The highest BCUT2D eigenvalue weighted by Gasteiger charge is 2.16. The highest BCUT2D eigenvalue weighted by Crippen LogP contribution is 2.20. The number of anilines is 1. The van der Waals surface area contributed by atoms with E-state index >= 15 is 0 Å². The van der Waals surface area contributed by atoms with Gasteiger partial charge in [-0.1, -0.05) is 0 Å². The van der Waals surface area contributed by atoms with Crippen molar-refractivity contribution in [3.63, 3.8) is 0 Å². The van der Waals surface area contributed by atoms with Crippen LogP contribution in [0.5, 0.6) is 0 Å². The zero-order valence-electron chi connectivity index (χ0n) is 9.35. The topological polar surface area (TPSA) is 21.3 Å². The fourth-order valence-electron chi connectivity index (χ4n) is 1.23. The Kier molecular flexibility index (Phi) is 4.18. The van der Waals surface area contributed by atoms with Crippen LogP contribution >= 0.6 is 0 Å². The first kappa shape index (κ1) is 12.8. The molecule has 0 aromatic heterocycles. The Bertz CT molecular complexity index is 370. The van der Waals surface area contributed by atoms with E-state index in [2.05, 4.69) is 5.32 Å². The van der Waals surface area contributed by atoms with Crippen molar-refractivity contribution in [2.24, 2.45) is 0 Å². The Balaban J connectivity index is 2.88. The smallest absolute Gasteiger partial charge is 0.182 e. The molecule has 0 aliphatic carbocycles. The molecule has 0 amide bonds. The predicted octanol–water partition coefficient (Wildman–Crippen LogP) is 2.94. The van der Waals surface area contributed by atoms with E-state index in [-0.39, 0.29) is 17.8 Å². The van der Waals surface area contributed by atoms with Gasteiger partial charge in [0.15, 0.2) is 11.6 Å². The largest absolute Gasteiger partial charge is 0.380 e. The number of nitrogens with one attached hydrogen (secondary N) is 1. The third-order valence-corrected chi connectivity index (χ3v) is 2.45. The summed E-state index contributed by atoms with van der Waals surface area (Å²) in [7, 11) is 1.51. The predicted molar refractivity (Wildman–Crippen MR) is 55.9 cm³/mol. The quantitative estimate of drug-likeness (QED) is 0.807. The van der Waals surface area contributed by atoms with Crippen molar-refractivity contribution in [3.8, 4) is 0 Å². The highest BCUT2D eigenvalue weighted by atomic mass is 19.2. The number of rotatable bonds is 4. The molecule has 2 atom stereocenters. The van der Waals surface area contributed by atoms with E-state index in [9.17, 15) is 13.2 Å². The van der Waals surface area contributed by atoms with Crippen molar-refractivity contribution < 1.29 is 17.9 Å². The van der Waals surface area contributed by atoms with Gasteiger partial charge in [0.25, 0.3) is 0 Å². The van der Waals surface area contributed by atoms with Crippen LogP contribution in [0.25, 0.3) is 0 Å². The number of methoxy groups -OCH3 is 1. The fraction of sp³-hybridized carbons (Fsp3) is 0.455. The molecule has 0 saturated carbocycles. The van der Waals surface area contributed by atoms with Crippen molar-refractivity contribution in [3.05, 3.63) is 29.6 Å². The minimum absolute atomic E-state index is 0.200. The molecule has 2 unspecified atom stereocenters. The molecule has 16 heavy (non-hydrogen) atoms. The second kappa shape index (κ2) is 5.21. The van der Waals surface area contributed by atoms with E-state index in [0.717, 1.165) is 6.07 Å². The van der Waals surface area contributed by atoms with Gasteiger partial charge in [0.2, 0.25) is 0 Å². The maximum Gasteiger partial charge on any atom is 0.182 e. The fourth-order valence-corrected chi connectivity index (χ4v) is 1.23. The summed E-state index contributed by atoms with van der Waals surface area (Å²) in [6, 6.07) is 1.16. The number of ether oxygens (including phenoxy) is 1. The van der Waals surface area contributed by atoms with Crippen LogP contribution in [-0.2, 0) is 4.74 Å². The molecule has 5 heteroatoms. The summed E-state index contributed by atoms with van der Waals surface area (Å²) in [5.74, 6) is -3.12. The van der Waals surface area contributed by atoms with Crippen molar-refractivity contribution >= 4 is 5.69 Å². The minimum Gasteiger partial charge on any atom is -0.380 e. The molecule has 2 nitrogen and oxygen atoms in total. The lowest BCUT2D eigenvalue weighted by Gasteiger charge is -2.21. The van der Waals surface area contributed by atoms with E-state index in [1.54, 1.807) is 13.8 Å². The molecular formula is C11H14F3NO. The van der Waals surface area contributed by atoms with Gasteiger partial charge in [-0.2, -0.15) is 0 Å². The average molecular weight is 233 g/mol. The highest BCUT2D eigenvalue weighted by molar-refractivity contribution is 5.46. The van der Waals surface area contributed by atoms with Crippen molar-refractivity contribution in [1.82, 2.24) is 0 Å². The number of halogens is 3. The molecule has 0 fully saturated rings. The Morgan fingerprint density at radius 2 is 1.81 bits per heavy atom. The molecule has 0 bridgehead atoms. The lowest BCUT2D eigenvalue weighted by molar-refractivity contribution is 0.106. The molecule has 1 rings (SSSR count). The molecule has 1 aromatic rings. The zero-order chi connectivity index (χ0) is 12.3. The molecule has 0 heterocycles. The summed E-state index contributed by atoms with van der Waals surface area (Å²) < 4.78 is 44.0. The van der Waals surface area contributed by atoms with Gasteiger partial charge < -0.3 is 10.1 Å². The average Bonchev–Trinajstić information content (AvgIpc) is 2.23. The summed E-state index contributed by atoms with van der Waals surface area (Å²) in [4.78, 5) is 0. The second-order valence-corrected chi connectivity index (χ2v) is 3.62. The third kappa shape index (κ3) is 2.88. The maximum atomic E-state index is 13.3. The van der Waals surface area contributed by atoms with Crippen LogP contribution in [0, 0.1) is 17.5 Å². The molecule has 0 aliphatic rings. The van der Waals surface area contributed by atoms with Crippen LogP contribution in [0.4, 0.5) is 18.9 Å². The Labute approximate surface area is 92.4 Å². The zero-order valence-corrected chi connectivity index (χ0v) is 9.35. The molecular weight excluding hydrogens is 219 g/mol. The summed E-state index contributed by atoms with van der Waals surface area (Å²) in [5.41, 5.74) is -0.200. The number of benzene rings is 1. The van der Waals surface area contributed by atoms with Gasteiger partial charge >= 0.3 is 0 Å². The van der Waals surface area contributed by atoms with Crippen LogP contribution in [0.1, 0.15) is 13.8 Å². The van der Waals surface area contributed by atoms with E-state index < -0.39 is 17.5 Å². The van der Waals surface area contributed by atoms with Crippen LogP contribution in [-0.4, -0.2) is 19.3 Å². The van der Waals surface area contributed by atoms with E-state index in [0.29, 0.717) is 6.07 Å². The van der Waals surface area contributed by atoms with Crippen molar-refractivity contribution in [1.29, 1.82) is 0 Å². The summed E-state index contributed by atoms with van der Waals surface area (Å²) >= 11 is 0. The maximum absolute atomic E-state index is 13.3. The summed E-state index contributed by atoms with van der Waals surface area (Å²) in [6.07, 6.45) is -0.203. The molecule has 90 valence electrons. The molecule has 0 spiro atoms. The van der Waals surface area contributed by atoms with Gasteiger partial charge in [0.1, 0.15) is 5.82 Å². The van der Waals surface area contributed by atoms with Gasteiger partial charge in [-0.25, -0.2) is 13.2 Å². The van der Waals surface area contributed by atoms with Gasteiger partial charge in [0.05, 0.1) is 11.8 Å². The molecule has 1 aromatic carbocycles. The normalized spacial score (nSPS) is 14.6. The lowest BCUT2D eigenvalue weighted by atomic mass is 10.2. The first-order chi connectivity index (χ1) is 7.45. The van der Waals surface area contributed by atoms with Crippen LogP contribution in [0.2, 0.25) is 0 Å². The van der Waals surface area contributed by atoms with Gasteiger partial charge in [-0.05, 0) is 13.8 Å². The Morgan fingerprint density at radius 1 is 1.19 bits per heavy atom. The van der Waals surface area contributed by atoms with Gasteiger partial charge in [-0.15, -0.1) is 0 Å². The summed E-state index contributed by atoms with van der Waals surface area (Å²) in [6.45, 7) is 3.50. The number of hydrogen-bond acceptors (Lipinski definition) is 2. The van der Waals surface area contributed by atoms with E-state index in [4.69, 9.17) is 4.74 Å². The van der Waals surface area contributed by atoms with Crippen LogP contribution in [0.3, 0.4) is 0 Å². The first-order valence-corrected chi connectivity index (χ1v) is 4.89. The minimum atomic E-state index is -1.21. The number of hydrogen-bond donors (Lipinski definition) is 1. The van der Waals surface area contributed by atoms with Gasteiger partial charge in [-0.3, -0.25) is 0 Å². The first-order valence-electron chi connectivity index (χ1n) is 4.89. The van der Waals surface area contributed by atoms with E-state index in [1.165, 1.54) is 7.11 Å². The SMILES string of the molecule is COC(C)C(C)Nc1cc(F)cc(F)c1F. The summed E-state index contributed by atoms with van der Waals surface area (Å²) in [5, 5.41) is 2.66. The van der Waals surface area contributed by atoms with E-state index in [1.807, 2.05) is 0 Å². The second-order valence-electron chi connectivity index (χ2n) is 3.62. The molecule has 0 saturated heterocycles. The third-order valence-electron chi connectivity index (χ3n) is 2.45. The molecule has 1 N–H and O–H groups in total. The Morgan fingerprint density at radius 3 is 2.38 bits per heavy atom. The van der Waals surface area contributed by atoms with Crippen LogP contribution in [0.15, 0.2) is 12.1 Å². The van der Waals surface area contributed by atoms with Crippen LogP contribution < -0.4 is 5.32 Å². The van der Waals surface area contributed by atoms with Crippen molar-refractivity contribution in [2.75, 3.05) is 12.4 Å². The molecule has 0 aliphatic heterocycles. The Hall–Kier alpha value is -1.23. The standard InChI is InChI=1S/C11H14F3NO/c1-6(7(2)16-3)15-10-5-8(12)4-9(13)11(10)14/h4-7,15H,1-3H3.